The topological polar surface area (TPSA) is 35.6 Å². The highest BCUT2D eigenvalue weighted by Gasteiger charge is 2.21. The molecular formula is C17H27N3O. The zero-order valence-corrected chi connectivity index (χ0v) is 13.2. The summed E-state index contributed by atoms with van der Waals surface area (Å²) in [5.74, 6) is 0. The van der Waals surface area contributed by atoms with Gasteiger partial charge in [-0.3, -0.25) is 4.90 Å². The summed E-state index contributed by atoms with van der Waals surface area (Å²) in [6, 6.07) is 10.9. The van der Waals surface area contributed by atoms with Crippen molar-refractivity contribution in [1.29, 1.82) is 0 Å². The van der Waals surface area contributed by atoms with Crippen LogP contribution in [0.2, 0.25) is 0 Å². The Morgan fingerprint density at radius 2 is 1.86 bits per heavy atom. The van der Waals surface area contributed by atoms with Gasteiger partial charge in [0, 0.05) is 38.8 Å². The van der Waals surface area contributed by atoms with Gasteiger partial charge in [0.2, 0.25) is 0 Å². The molecule has 1 heterocycles. The van der Waals surface area contributed by atoms with Crippen molar-refractivity contribution < 1.29 is 4.79 Å². The normalized spacial score (nSPS) is 17.5. The van der Waals surface area contributed by atoms with Crippen molar-refractivity contribution in [3.8, 4) is 0 Å². The second-order valence-corrected chi connectivity index (χ2v) is 5.82. The molecule has 0 radical (unpaired) electrons. The van der Waals surface area contributed by atoms with Crippen LogP contribution in [0.25, 0.3) is 0 Å². The first-order valence-corrected chi connectivity index (χ1v) is 8.00. The fraction of sp³-hybridized carbons (Fsp3) is 0.588. The summed E-state index contributed by atoms with van der Waals surface area (Å²) in [5, 5.41) is 3.04. The van der Waals surface area contributed by atoms with Crippen LogP contribution in [-0.4, -0.2) is 54.6 Å². The number of nitrogens with zero attached hydrogens (tertiary/aromatic N) is 2. The van der Waals surface area contributed by atoms with Gasteiger partial charge in [-0.25, -0.2) is 4.79 Å². The first kappa shape index (κ1) is 15.8. The maximum Gasteiger partial charge on any atom is 0.317 e. The van der Waals surface area contributed by atoms with E-state index in [1.165, 1.54) is 5.56 Å². The molecule has 1 aliphatic rings. The number of hydrogen-bond donors (Lipinski definition) is 1. The predicted octanol–water partition coefficient (Wildman–Crippen LogP) is 2.35. The molecule has 1 aliphatic heterocycles. The Morgan fingerprint density at radius 3 is 2.48 bits per heavy atom. The van der Waals surface area contributed by atoms with Gasteiger partial charge >= 0.3 is 6.03 Å². The Hall–Kier alpha value is -1.55. The van der Waals surface area contributed by atoms with Gasteiger partial charge in [-0.2, -0.15) is 0 Å². The number of nitrogens with one attached hydrogen (secondary N) is 1. The lowest BCUT2D eigenvalue weighted by Gasteiger charge is -2.35. The number of rotatable bonds is 5. The van der Waals surface area contributed by atoms with E-state index in [1.807, 2.05) is 11.8 Å². The Kier molecular flexibility index (Phi) is 6.05. The predicted molar refractivity (Wildman–Crippen MR) is 86.4 cm³/mol. The molecule has 0 saturated carbocycles. The molecule has 1 saturated heterocycles. The summed E-state index contributed by atoms with van der Waals surface area (Å²) in [6.45, 7) is 8.82. The lowest BCUT2D eigenvalue weighted by molar-refractivity contribution is 0.138. The fourth-order valence-corrected chi connectivity index (χ4v) is 2.51. The molecule has 1 fully saturated rings. The van der Waals surface area contributed by atoms with Crippen LogP contribution in [0.5, 0.6) is 0 Å². The van der Waals surface area contributed by atoms with Crippen molar-refractivity contribution in [3.63, 3.8) is 0 Å². The van der Waals surface area contributed by atoms with Crippen molar-refractivity contribution in [2.45, 2.75) is 32.7 Å². The zero-order valence-electron chi connectivity index (χ0n) is 13.2. The highest BCUT2D eigenvalue weighted by Crippen LogP contribution is 2.06. The minimum atomic E-state index is 0.0899. The second kappa shape index (κ2) is 8.03. The maximum atomic E-state index is 12.0. The lowest BCUT2D eigenvalue weighted by atomic mass is 10.1. The van der Waals surface area contributed by atoms with Crippen LogP contribution in [0, 0.1) is 0 Å². The number of carbonyl (C=O) groups excluding carboxylic acids is 1. The average Bonchev–Trinajstić information content (AvgIpc) is 2.54. The van der Waals surface area contributed by atoms with Gasteiger partial charge in [-0.05, 0) is 25.3 Å². The molecule has 4 nitrogen and oxygen atoms in total. The van der Waals surface area contributed by atoms with Crippen LogP contribution >= 0.6 is 0 Å². The van der Waals surface area contributed by atoms with E-state index in [-0.39, 0.29) is 12.1 Å². The highest BCUT2D eigenvalue weighted by molar-refractivity contribution is 5.74. The van der Waals surface area contributed by atoms with Crippen LogP contribution in [0.15, 0.2) is 30.3 Å². The molecule has 1 aromatic carbocycles. The van der Waals surface area contributed by atoms with Gasteiger partial charge < -0.3 is 10.2 Å². The molecule has 0 aromatic heterocycles. The molecule has 2 amide bonds. The van der Waals surface area contributed by atoms with E-state index in [2.05, 4.69) is 47.5 Å². The summed E-state index contributed by atoms with van der Waals surface area (Å²) < 4.78 is 0. The number of piperazine rings is 1. The summed E-state index contributed by atoms with van der Waals surface area (Å²) in [5.41, 5.74) is 1.38. The average molecular weight is 289 g/mol. The number of benzene rings is 1. The smallest absolute Gasteiger partial charge is 0.317 e. The molecule has 1 N–H and O–H groups in total. The third-order valence-corrected chi connectivity index (χ3v) is 4.20. The summed E-state index contributed by atoms with van der Waals surface area (Å²) >= 11 is 0. The molecule has 2 rings (SSSR count). The minimum Gasteiger partial charge on any atom is -0.336 e. The van der Waals surface area contributed by atoms with Crippen molar-refractivity contribution in [3.05, 3.63) is 35.9 Å². The molecule has 0 spiro atoms. The van der Waals surface area contributed by atoms with E-state index in [4.69, 9.17) is 0 Å². The second-order valence-electron chi connectivity index (χ2n) is 5.82. The largest absolute Gasteiger partial charge is 0.336 e. The van der Waals surface area contributed by atoms with E-state index in [1.54, 1.807) is 0 Å². The Morgan fingerprint density at radius 1 is 1.19 bits per heavy atom. The van der Waals surface area contributed by atoms with Gasteiger partial charge in [0.25, 0.3) is 0 Å². The molecule has 1 atom stereocenters. The Labute approximate surface area is 128 Å². The minimum absolute atomic E-state index is 0.0899. The highest BCUT2D eigenvalue weighted by atomic mass is 16.2. The van der Waals surface area contributed by atoms with Gasteiger partial charge in [0.1, 0.15) is 0 Å². The first-order chi connectivity index (χ1) is 10.2. The first-order valence-electron chi connectivity index (χ1n) is 8.00. The standard InChI is InChI=1S/C17H27N3O/c1-3-15(2)18-17(21)20-13-11-19(12-14-20)10-9-16-7-5-4-6-8-16/h4-8,15H,3,9-14H2,1-2H3,(H,18,21). The van der Waals surface area contributed by atoms with Crippen molar-refractivity contribution >= 4 is 6.03 Å². The van der Waals surface area contributed by atoms with E-state index in [9.17, 15) is 4.79 Å². The van der Waals surface area contributed by atoms with E-state index >= 15 is 0 Å². The van der Waals surface area contributed by atoms with Crippen molar-refractivity contribution in [2.75, 3.05) is 32.7 Å². The number of carbonyl (C=O) groups is 1. The SMILES string of the molecule is CCC(C)NC(=O)N1CCN(CCc2ccccc2)CC1. The van der Waals surface area contributed by atoms with E-state index < -0.39 is 0 Å². The van der Waals surface area contributed by atoms with Crippen molar-refractivity contribution in [1.82, 2.24) is 15.1 Å². The quantitative estimate of drug-likeness (QED) is 0.903. The van der Waals surface area contributed by atoms with Crippen LogP contribution in [0.4, 0.5) is 4.79 Å². The van der Waals surface area contributed by atoms with Crippen LogP contribution in [0.1, 0.15) is 25.8 Å². The monoisotopic (exact) mass is 289 g/mol. The number of hydrogen-bond acceptors (Lipinski definition) is 2. The van der Waals surface area contributed by atoms with Gasteiger partial charge in [0.05, 0.1) is 0 Å². The molecule has 21 heavy (non-hydrogen) atoms. The Bertz CT molecular complexity index is 427. The third-order valence-electron chi connectivity index (χ3n) is 4.20. The number of amides is 2. The summed E-state index contributed by atoms with van der Waals surface area (Å²) in [7, 11) is 0. The van der Waals surface area contributed by atoms with Gasteiger partial charge in [-0.15, -0.1) is 0 Å². The van der Waals surface area contributed by atoms with Crippen molar-refractivity contribution in [2.24, 2.45) is 0 Å². The molecule has 0 aliphatic carbocycles. The van der Waals surface area contributed by atoms with Crippen LogP contribution < -0.4 is 5.32 Å². The zero-order chi connectivity index (χ0) is 15.1. The number of urea groups is 1. The Balaban J connectivity index is 1.69. The molecule has 4 heteroatoms. The fourth-order valence-electron chi connectivity index (χ4n) is 2.51. The van der Waals surface area contributed by atoms with E-state index in [0.29, 0.717) is 0 Å². The molecule has 1 aromatic rings. The molecular weight excluding hydrogens is 262 g/mol. The molecule has 0 bridgehead atoms. The molecule has 116 valence electrons. The van der Waals surface area contributed by atoms with Gasteiger partial charge in [0.15, 0.2) is 0 Å². The van der Waals surface area contributed by atoms with Crippen LogP contribution in [0.3, 0.4) is 0 Å². The van der Waals surface area contributed by atoms with Gasteiger partial charge in [-0.1, -0.05) is 37.3 Å². The molecule has 1 unspecified atom stereocenters. The summed E-state index contributed by atoms with van der Waals surface area (Å²) in [4.78, 5) is 16.4. The lowest BCUT2D eigenvalue weighted by Crippen LogP contribution is -2.53. The van der Waals surface area contributed by atoms with E-state index in [0.717, 1.165) is 45.6 Å². The third kappa shape index (κ3) is 5.05. The van der Waals surface area contributed by atoms with Crippen LogP contribution in [-0.2, 0) is 6.42 Å². The summed E-state index contributed by atoms with van der Waals surface area (Å²) in [6.07, 6.45) is 2.06. The maximum absolute atomic E-state index is 12.0.